The van der Waals surface area contributed by atoms with E-state index in [4.69, 9.17) is 6.42 Å². The van der Waals surface area contributed by atoms with E-state index in [1.54, 1.807) is 6.92 Å². The van der Waals surface area contributed by atoms with Gasteiger partial charge in [0.15, 0.2) is 0 Å². The van der Waals surface area contributed by atoms with Crippen LogP contribution in [0.3, 0.4) is 0 Å². The highest BCUT2D eigenvalue weighted by atomic mass is 16.3. The first-order valence-corrected chi connectivity index (χ1v) is 4.80. The van der Waals surface area contributed by atoms with Gasteiger partial charge in [-0.05, 0) is 19.1 Å². The number of imidazole rings is 1. The topological polar surface area (TPSA) is 38.0 Å². The Kier molecular flexibility index (Phi) is 2.44. The van der Waals surface area contributed by atoms with Crippen LogP contribution in [0.15, 0.2) is 24.3 Å². The average molecular weight is 200 g/mol. The highest BCUT2D eigenvalue weighted by Crippen LogP contribution is 2.20. The van der Waals surface area contributed by atoms with Gasteiger partial charge in [-0.1, -0.05) is 18.1 Å². The van der Waals surface area contributed by atoms with Gasteiger partial charge in [0.1, 0.15) is 11.9 Å². The fourth-order valence-corrected chi connectivity index (χ4v) is 1.67. The monoisotopic (exact) mass is 200 g/mol. The number of nitrogens with zero attached hydrogens (tertiary/aromatic N) is 2. The molecule has 0 saturated carbocycles. The first-order valence-electron chi connectivity index (χ1n) is 4.80. The molecular formula is C12H12N2O. The summed E-state index contributed by atoms with van der Waals surface area (Å²) in [7, 11) is 0. The van der Waals surface area contributed by atoms with Gasteiger partial charge in [0.2, 0.25) is 0 Å². The molecule has 1 aromatic carbocycles. The molecule has 0 amide bonds. The summed E-state index contributed by atoms with van der Waals surface area (Å²) in [5, 5.41) is 9.58. The van der Waals surface area contributed by atoms with Crippen LogP contribution in [0, 0.1) is 12.3 Å². The highest BCUT2D eigenvalue weighted by Gasteiger charge is 2.12. The molecule has 0 aliphatic rings. The van der Waals surface area contributed by atoms with E-state index in [0.29, 0.717) is 12.4 Å². The van der Waals surface area contributed by atoms with Gasteiger partial charge < -0.3 is 9.67 Å². The second-order valence-corrected chi connectivity index (χ2v) is 3.42. The zero-order valence-corrected chi connectivity index (χ0v) is 8.51. The molecule has 76 valence electrons. The molecule has 1 N–H and O–H groups in total. The van der Waals surface area contributed by atoms with Crippen molar-refractivity contribution in [2.45, 2.75) is 19.6 Å². The van der Waals surface area contributed by atoms with Gasteiger partial charge in [-0.15, -0.1) is 6.42 Å². The molecule has 0 saturated heterocycles. The smallest absolute Gasteiger partial charge is 0.139 e. The molecule has 0 unspecified atom stereocenters. The third kappa shape index (κ3) is 1.60. The summed E-state index contributed by atoms with van der Waals surface area (Å²) >= 11 is 0. The van der Waals surface area contributed by atoms with Crippen LogP contribution in [0.25, 0.3) is 11.0 Å². The Bertz CT molecular complexity index is 520. The van der Waals surface area contributed by atoms with Gasteiger partial charge in [0.05, 0.1) is 17.6 Å². The average Bonchev–Trinajstić information content (AvgIpc) is 2.58. The number of fused-ring (bicyclic) bond motifs is 1. The molecule has 0 aliphatic carbocycles. The molecule has 1 atom stereocenters. The van der Waals surface area contributed by atoms with Crippen LogP contribution in [0.1, 0.15) is 18.9 Å². The molecule has 2 rings (SSSR count). The van der Waals surface area contributed by atoms with E-state index in [9.17, 15) is 5.11 Å². The van der Waals surface area contributed by atoms with Crippen LogP contribution in [0.2, 0.25) is 0 Å². The van der Waals surface area contributed by atoms with Gasteiger partial charge in [0.25, 0.3) is 0 Å². The number of para-hydroxylation sites is 2. The lowest BCUT2D eigenvalue weighted by atomic mass is 10.3. The predicted molar refractivity (Wildman–Crippen MR) is 59.2 cm³/mol. The second kappa shape index (κ2) is 3.76. The molecule has 0 radical (unpaired) electrons. The van der Waals surface area contributed by atoms with Crippen LogP contribution < -0.4 is 0 Å². The van der Waals surface area contributed by atoms with E-state index in [1.165, 1.54) is 0 Å². The number of terminal acetylenes is 1. The summed E-state index contributed by atoms with van der Waals surface area (Å²) in [6.07, 6.45) is 4.69. The van der Waals surface area contributed by atoms with E-state index in [-0.39, 0.29) is 0 Å². The van der Waals surface area contributed by atoms with E-state index in [0.717, 1.165) is 11.0 Å². The Morgan fingerprint density at radius 2 is 2.27 bits per heavy atom. The normalized spacial score (nSPS) is 12.6. The highest BCUT2D eigenvalue weighted by molar-refractivity contribution is 5.76. The SMILES string of the molecule is C#CCn1c([C@@H](C)O)nc2ccccc21. The van der Waals surface area contributed by atoms with E-state index in [2.05, 4.69) is 10.9 Å². The molecule has 0 fully saturated rings. The number of hydrogen-bond acceptors (Lipinski definition) is 2. The predicted octanol–water partition coefficient (Wildman–Crippen LogP) is 1.72. The second-order valence-electron chi connectivity index (χ2n) is 3.42. The maximum absolute atomic E-state index is 9.58. The van der Waals surface area contributed by atoms with Crippen molar-refractivity contribution >= 4 is 11.0 Å². The number of benzene rings is 1. The van der Waals surface area contributed by atoms with Crippen molar-refractivity contribution in [1.29, 1.82) is 0 Å². The lowest BCUT2D eigenvalue weighted by Gasteiger charge is -2.06. The molecule has 0 aliphatic heterocycles. The fourth-order valence-electron chi connectivity index (χ4n) is 1.67. The van der Waals surface area contributed by atoms with Crippen molar-refractivity contribution in [1.82, 2.24) is 9.55 Å². The molecule has 1 heterocycles. The van der Waals surface area contributed by atoms with Crippen molar-refractivity contribution in [3.8, 4) is 12.3 Å². The molecule has 0 spiro atoms. The van der Waals surface area contributed by atoms with Gasteiger partial charge in [-0.3, -0.25) is 0 Å². The Morgan fingerprint density at radius 3 is 2.93 bits per heavy atom. The minimum absolute atomic E-state index is 0.431. The minimum atomic E-state index is -0.606. The van der Waals surface area contributed by atoms with Crippen LogP contribution in [-0.4, -0.2) is 14.7 Å². The summed E-state index contributed by atoms with van der Waals surface area (Å²) in [6, 6.07) is 7.71. The van der Waals surface area contributed by atoms with Gasteiger partial charge >= 0.3 is 0 Å². The Hall–Kier alpha value is -1.79. The molecule has 1 aromatic heterocycles. The van der Waals surface area contributed by atoms with Crippen molar-refractivity contribution in [2.24, 2.45) is 0 Å². The quantitative estimate of drug-likeness (QED) is 0.749. The van der Waals surface area contributed by atoms with Gasteiger partial charge in [0, 0.05) is 0 Å². The zero-order valence-electron chi connectivity index (χ0n) is 8.51. The van der Waals surface area contributed by atoms with Gasteiger partial charge in [-0.2, -0.15) is 0 Å². The lowest BCUT2D eigenvalue weighted by molar-refractivity contribution is 0.185. The maximum atomic E-state index is 9.58. The summed E-state index contributed by atoms with van der Waals surface area (Å²) < 4.78 is 1.86. The Labute approximate surface area is 88.4 Å². The van der Waals surface area contributed by atoms with Crippen molar-refractivity contribution in [3.63, 3.8) is 0 Å². The lowest BCUT2D eigenvalue weighted by Crippen LogP contribution is -2.05. The third-order valence-electron chi connectivity index (χ3n) is 2.31. The standard InChI is InChI=1S/C12H12N2O/c1-3-8-14-11-7-5-4-6-10(11)13-12(14)9(2)15/h1,4-7,9,15H,8H2,2H3/t9-/m1/s1. The summed E-state index contributed by atoms with van der Waals surface area (Å²) in [5.41, 5.74) is 1.83. The molecular weight excluding hydrogens is 188 g/mol. The van der Waals surface area contributed by atoms with Crippen molar-refractivity contribution < 1.29 is 5.11 Å². The van der Waals surface area contributed by atoms with E-state index >= 15 is 0 Å². The number of hydrogen-bond donors (Lipinski definition) is 1. The fraction of sp³-hybridized carbons (Fsp3) is 0.250. The third-order valence-corrected chi connectivity index (χ3v) is 2.31. The number of rotatable bonds is 2. The molecule has 3 heteroatoms. The van der Waals surface area contributed by atoms with Crippen LogP contribution in [-0.2, 0) is 6.54 Å². The number of aliphatic hydroxyl groups excluding tert-OH is 1. The minimum Gasteiger partial charge on any atom is -0.385 e. The van der Waals surface area contributed by atoms with Crippen molar-refractivity contribution in [3.05, 3.63) is 30.1 Å². The van der Waals surface area contributed by atoms with E-state index < -0.39 is 6.10 Å². The van der Waals surface area contributed by atoms with Crippen LogP contribution >= 0.6 is 0 Å². The molecule has 15 heavy (non-hydrogen) atoms. The van der Waals surface area contributed by atoms with Crippen molar-refractivity contribution in [2.75, 3.05) is 0 Å². The van der Waals surface area contributed by atoms with Crippen LogP contribution in [0.4, 0.5) is 0 Å². The van der Waals surface area contributed by atoms with E-state index in [1.807, 2.05) is 28.8 Å². The zero-order chi connectivity index (χ0) is 10.8. The number of aromatic nitrogens is 2. The van der Waals surface area contributed by atoms with Crippen LogP contribution in [0.5, 0.6) is 0 Å². The first-order chi connectivity index (χ1) is 7.24. The summed E-state index contributed by atoms with van der Waals surface area (Å²) in [4.78, 5) is 4.35. The summed E-state index contributed by atoms with van der Waals surface area (Å²) in [6.45, 7) is 2.12. The Balaban J connectivity index is 2.70. The largest absolute Gasteiger partial charge is 0.385 e. The molecule has 2 aromatic rings. The number of aliphatic hydroxyl groups is 1. The summed E-state index contributed by atoms with van der Waals surface area (Å²) in [5.74, 6) is 3.19. The Morgan fingerprint density at radius 1 is 1.53 bits per heavy atom. The molecule has 0 bridgehead atoms. The van der Waals surface area contributed by atoms with Gasteiger partial charge in [-0.25, -0.2) is 4.98 Å². The first kappa shape index (κ1) is 9.75. The molecule has 3 nitrogen and oxygen atoms in total. The maximum Gasteiger partial charge on any atom is 0.139 e.